The van der Waals surface area contributed by atoms with Gasteiger partial charge in [-0.2, -0.15) is 13.2 Å². The Morgan fingerprint density at radius 3 is 2.29 bits per heavy atom. The summed E-state index contributed by atoms with van der Waals surface area (Å²) in [7, 11) is 0. The van der Waals surface area contributed by atoms with Gasteiger partial charge >= 0.3 is 6.18 Å². The number of likely N-dealkylation sites (tertiary alicyclic amines) is 1. The van der Waals surface area contributed by atoms with E-state index in [1.54, 1.807) is 16.3 Å². The number of nitrogens with zero attached hydrogens (tertiary/aromatic N) is 3. The van der Waals surface area contributed by atoms with Gasteiger partial charge < -0.3 is 19.1 Å². The molecule has 4 aromatic rings. The molecule has 0 radical (unpaired) electrons. The lowest BCUT2D eigenvalue weighted by atomic mass is 10.0. The zero-order valence-corrected chi connectivity index (χ0v) is 25.5. The van der Waals surface area contributed by atoms with Crippen molar-refractivity contribution in [2.75, 3.05) is 26.3 Å². The Labute approximate surface area is 264 Å². The second kappa shape index (κ2) is 13.7. The number of aromatic nitrogens is 1. The van der Waals surface area contributed by atoms with Crippen LogP contribution in [0.4, 0.5) is 13.2 Å². The summed E-state index contributed by atoms with van der Waals surface area (Å²) in [5.74, 6) is 0.0193. The van der Waals surface area contributed by atoms with Crippen molar-refractivity contribution in [2.45, 2.75) is 51.0 Å². The van der Waals surface area contributed by atoms with Gasteiger partial charge in [0.15, 0.2) is 5.79 Å². The molecule has 6 rings (SSSR count). The normalized spacial score (nSPS) is 16.4. The highest BCUT2D eigenvalue weighted by molar-refractivity contribution is 7.09. The molecule has 45 heavy (non-hydrogen) atoms. The molecule has 0 saturated carbocycles. The highest BCUT2D eigenvalue weighted by Crippen LogP contribution is 2.32. The summed E-state index contributed by atoms with van der Waals surface area (Å²) < 4.78 is 57.8. The molecule has 0 unspecified atom stereocenters. The number of alkyl halides is 3. The first kappa shape index (κ1) is 31.2. The number of carbonyl (C=O) groups is 1. The van der Waals surface area contributed by atoms with Gasteiger partial charge in [0.2, 0.25) is 0 Å². The van der Waals surface area contributed by atoms with Crippen molar-refractivity contribution in [3.63, 3.8) is 0 Å². The van der Waals surface area contributed by atoms with Crippen molar-refractivity contribution in [3.8, 4) is 5.75 Å². The summed E-state index contributed by atoms with van der Waals surface area (Å²) in [6, 6.07) is 23.0. The molecule has 2 saturated heterocycles. The lowest BCUT2D eigenvalue weighted by Crippen LogP contribution is -2.47. The summed E-state index contributed by atoms with van der Waals surface area (Å²) in [4.78, 5) is 21.7. The maximum atomic E-state index is 13.4. The zero-order chi connectivity index (χ0) is 31.3. The molecule has 0 atom stereocenters. The van der Waals surface area contributed by atoms with E-state index in [1.807, 2.05) is 59.5 Å². The molecule has 3 aromatic carbocycles. The summed E-state index contributed by atoms with van der Waals surface area (Å²) >= 11 is 1.37. The van der Waals surface area contributed by atoms with Crippen molar-refractivity contribution in [1.29, 1.82) is 0 Å². The van der Waals surface area contributed by atoms with E-state index in [1.165, 1.54) is 23.5 Å². The smallest absolute Gasteiger partial charge is 0.416 e. The second-order valence-corrected chi connectivity index (χ2v) is 12.2. The van der Waals surface area contributed by atoms with Gasteiger partial charge in [0.25, 0.3) is 5.91 Å². The molecule has 0 bridgehead atoms. The Hall–Kier alpha value is -3.77. The molecule has 2 fully saturated rings. The average molecular weight is 638 g/mol. The molecular formula is C34H34F3N3O4S. The van der Waals surface area contributed by atoms with Crippen molar-refractivity contribution >= 4 is 17.2 Å². The molecule has 3 heterocycles. The van der Waals surface area contributed by atoms with Crippen LogP contribution >= 0.6 is 11.3 Å². The first-order valence-corrected chi connectivity index (χ1v) is 15.8. The minimum absolute atomic E-state index is 0.138. The molecule has 2 aliphatic heterocycles. The van der Waals surface area contributed by atoms with Crippen LogP contribution in [0.25, 0.3) is 0 Å². The topological polar surface area (TPSA) is 64.1 Å². The Bertz CT molecular complexity index is 1560. The van der Waals surface area contributed by atoms with Crippen LogP contribution in [0, 0.1) is 0 Å². The monoisotopic (exact) mass is 637 g/mol. The van der Waals surface area contributed by atoms with Gasteiger partial charge in [0.05, 0.1) is 25.3 Å². The Morgan fingerprint density at radius 1 is 0.889 bits per heavy atom. The Kier molecular flexibility index (Phi) is 9.50. The third-order valence-corrected chi connectivity index (χ3v) is 8.83. The van der Waals surface area contributed by atoms with E-state index in [2.05, 4.69) is 4.98 Å². The number of ether oxygens (including phenoxy) is 3. The number of rotatable bonds is 10. The maximum absolute atomic E-state index is 13.4. The van der Waals surface area contributed by atoms with Crippen LogP contribution in [0.2, 0.25) is 0 Å². The van der Waals surface area contributed by atoms with E-state index in [0.717, 1.165) is 22.9 Å². The van der Waals surface area contributed by atoms with Crippen molar-refractivity contribution in [3.05, 3.63) is 117 Å². The second-order valence-electron chi connectivity index (χ2n) is 11.3. The van der Waals surface area contributed by atoms with Gasteiger partial charge in [-0.1, -0.05) is 60.7 Å². The number of piperidine rings is 1. The van der Waals surface area contributed by atoms with Crippen LogP contribution in [0.1, 0.15) is 50.6 Å². The SMILES string of the molecule is O=C(c1csc(CN(Cc2ccc(OCc3ccccc3)cc2)Cc2cccc(C(F)(F)F)c2)n1)N1CCC2(CC1)OCCO2. The van der Waals surface area contributed by atoms with Crippen LogP contribution in [-0.4, -0.2) is 52.8 Å². The predicted octanol–water partition coefficient (Wildman–Crippen LogP) is 6.92. The van der Waals surface area contributed by atoms with Crippen molar-refractivity contribution < 1.29 is 32.2 Å². The number of thiazole rings is 1. The third kappa shape index (κ3) is 8.09. The summed E-state index contributed by atoms with van der Waals surface area (Å²) in [6.07, 6.45) is -3.18. The van der Waals surface area contributed by atoms with E-state index < -0.39 is 17.5 Å². The van der Waals surface area contributed by atoms with Crippen LogP contribution in [0.3, 0.4) is 0 Å². The first-order chi connectivity index (χ1) is 21.7. The number of hydrogen-bond acceptors (Lipinski definition) is 7. The number of benzene rings is 3. The number of carbonyl (C=O) groups excluding carboxylic acids is 1. The number of halogens is 3. The standard InChI is InChI=1S/C34H34F3N3O4S/c35-34(36,37)28-8-4-7-27(19-28)21-39(20-25-9-11-29(12-10-25)42-23-26-5-2-1-3-6-26)22-31-38-30(24-45-31)32(41)40-15-13-33(14-16-40)43-17-18-44-33/h1-12,19,24H,13-18,20-23H2. The fourth-order valence-corrected chi connectivity index (χ4v) is 6.44. The van der Waals surface area contributed by atoms with Crippen LogP contribution in [-0.2, 0) is 41.9 Å². The molecule has 0 aliphatic carbocycles. The minimum Gasteiger partial charge on any atom is -0.489 e. The van der Waals surface area contributed by atoms with Gasteiger partial charge in [-0.05, 0) is 34.9 Å². The maximum Gasteiger partial charge on any atom is 0.416 e. The van der Waals surface area contributed by atoms with Gasteiger partial charge in [-0.15, -0.1) is 11.3 Å². The molecule has 11 heteroatoms. The van der Waals surface area contributed by atoms with Gasteiger partial charge in [0.1, 0.15) is 23.1 Å². The van der Waals surface area contributed by atoms with Gasteiger partial charge in [-0.25, -0.2) is 4.98 Å². The molecule has 7 nitrogen and oxygen atoms in total. The fourth-order valence-electron chi connectivity index (χ4n) is 5.63. The number of hydrogen-bond donors (Lipinski definition) is 0. The molecule has 1 aromatic heterocycles. The minimum atomic E-state index is -4.43. The van der Waals surface area contributed by atoms with E-state index in [9.17, 15) is 18.0 Å². The summed E-state index contributed by atoms with van der Waals surface area (Å²) in [5, 5.41) is 2.47. The molecule has 0 N–H and O–H groups in total. The zero-order valence-electron chi connectivity index (χ0n) is 24.7. The van der Waals surface area contributed by atoms with Crippen LogP contribution in [0.15, 0.2) is 84.2 Å². The third-order valence-electron chi connectivity index (χ3n) is 7.99. The molecule has 2 aliphatic rings. The highest BCUT2D eigenvalue weighted by atomic mass is 32.1. The van der Waals surface area contributed by atoms with Gasteiger partial charge in [-0.3, -0.25) is 9.69 Å². The Morgan fingerprint density at radius 2 is 1.58 bits per heavy atom. The van der Waals surface area contributed by atoms with Crippen molar-refractivity contribution in [1.82, 2.24) is 14.8 Å². The van der Waals surface area contributed by atoms with E-state index in [-0.39, 0.29) is 12.5 Å². The quantitative estimate of drug-likeness (QED) is 0.188. The molecule has 236 valence electrons. The number of amides is 1. The lowest BCUT2D eigenvalue weighted by Gasteiger charge is -2.37. The van der Waals surface area contributed by atoms with Crippen LogP contribution in [0.5, 0.6) is 5.75 Å². The average Bonchev–Trinajstić information content (AvgIpc) is 3.71. The molecule has 1 spiro atoms. The van der Waals surface area contributed by atoms with Crippen molar-refractivity contribution in [2.24, 2.45) is 0 Å². The van der Waals surface area contributed by atoms with Gasteiger partial charge in [0, 0.05) is 44.4 Å². The fraction of sp³-hybridized carbons (Fsp3) is 0.353. The Balaban J connectivity index is 1.13. The summed E-state index contributed by atoms with van der Waals surface area (Å²) in [5.41, 5.74) is 2.27. The van der Waals surface area contributed by atoms with E-state index in [4.69, 9.17) is 14.2 Å². The largest absolute Gasteiger partial charge is 0.489 e. The molecule has 1 amide bonds. The van der Waals surface area contributed by atoms with Crippen LogP contribution < -0.4 is 4.74 Å². The van der Waals surface area contributed by atoms with E-state index in [0.29, 0.717) is 75.1 Å². The summed E-state index contributed by atoms with van der Waals surface area (Å²) in [6.45, 7) is 3.76. The first-order valence-electron chi connectivity index (χ1n) is 14.9. The molecular weight excluding hydrogens is 603 g/mol. The van der Waals surface area contributed by atoms with E-state index >= 15 is 0 Å². The highest BCUT2D eigenvalue weighted by Gasteiger charge is 2.41. The lowest BCUT2D eigenvalue weighted by molar-refractivity contribution is -0.181. The predicted molar refractivity (Wildman–Crippen MR) is 163 cm³/mol.